The maximum atomic E-state index is 9.45. The van der Waals surface area contributed by atoms with E-state index in [1.807, 2.05) is 12.1 Å². The molecule has 16 heavy (non-hydrogen) atoms. The average molecular weight is 221 g/mol. The van der Waals surface area contributed by atoms with Gasteiger partial charge in [0.15, 0.2) is 11.5 Å². The third-order valence-electron chi connectivity index (χ3n) is 3.09. The van der Waals surface area contributed by atoms with Gasteiger partial charge in [-0.2, -0.15) is 0 Å². The van der Waals surface area contributed by atoms with Crippen LogP contribution in [0.1, 0.15) is 12.0 Å². The van der Waals surface area contributed by atoms with E-state index in [4.69, 9.17) is 9.47 Å². The lowest BCUT2D eigenvalue weighted by molar-refractivity contribution is 0.173. The minimum atomic E-state index is -0.158. The highest BCUT2D eigenvalue weighted by molar-refractivity contribution is 5.44. The molecule has 4 heteroatoms. The van der Waals surface area contributed by atoms with Gasteiger partial charge in [-0.15, -0.1) is 0 Å². The van der Waals surface area contributed by atoms with E-state index in [2.05, 4.69) is 11.0 Å². The lowest BCUT2D eigenvalue weighted by atomic mass is 10.2. The number of fused-ring (bicyclic) bond motifs is 1. The Bertz CT molecular complexity index is 394. The van der Waals surface area contributed by atoms with Gasteiger partial charge in [0, 0.05) is 19.6 Å². The molecule has 1 aromatic carbocycles. The number of aliphatic hydroxyl groups is 1. The third-order valence-corrected chi connectivity index (χ3v) is 3.09. The van der Waals surface area contributed by atoms with Crippen molar-refractivity contribution in [2.75, 3.05) is 19.9 Å². The number of hydrogen-bond acceptors (Lipinski definition) is 4. The number of hydrogen-bond donors (Lipinski definition) is 1. The lowest BCUT2D eigenvalue weighted by Gasteiger charge is -2.14. The summed E-state index contributed by atoms with van der Waals surface area (Å²) in [6, 6.07) is 6.02. The van der Waals surface area contributed by atoms with Crippen molar-refractivity contribution in [2.45, 2.75) is 19.1 Å². The Morgan fingerprint density at radius 1 is 1.31 bits per heavy atom. The van der Waals surface area contributed by atoms with Gasteiger partial charge in [-0.3, -0.25) is 4.90 Å². The van der Waals surface area contributed by atoms with Crippen LogP contribution in [0.15, 0.2) is 18.2 Å². The van der Waals surface area contributed by atoms with Crippen molar-refractivity contribution in [1.82, 2.24) is 4.90 Å². The number of benzene rings is 1. The quantitative estimate of drug-likeness (QED) is 0.808. The zero-order valence-electron chi connectivity index (χ0n) is 9.06. The van der Waals surface area contributed by atoms with Gasteiger partial charge >= 0.3 is 0 Å². The molecule has 4 nitrogen and oxygen atoms in total. The highest BCUT2D eigenvalue weighted by Crippen LogP contribution is 2.33. The molecule has 3 rings (SSSR count). The first kappa shape index (κ1) is 9.93. The van der Waals surface area contributed by atoms with Gasteiger partial charge in [-0.05, 0) is 24.1 Å². The molecule has 0 radical (unpaired) electrons. The molecule has 2 heterocycles. The van der Waals surface area contributed by atoms with Gasteiger partial charge in [0.25, 0.3) is 0 Å². The molecule has 0 bridgehead atoms. The average Bonchev–Trinajstić information content (AvgIpc) is 2.87. The minimum absolute atomic E-state index is 0.158. The highest BCUT2D eigenvalue weighted by Gasteiger charge is 2.21. The van der Waals surface area contributed by atoms with E-state index in [0.717, 1.165) is 37.6 Å². The molecule has 1 aromatic rings. The summed E-state index contributed by atoms with van der Waals surface area (Å²) in [4.78, 5) is 2.25. The van der Waals surface area contributed by atoms with E-state index in [1.54, 1.807) is 0 Å². The van der Waals surface area contributed by atoms with Crippen LogP contribution in [0, 0.1) is 0 Å². The number of aliphatic hydroxyl groups excluding tert-OH is 1. The third kappa shape index (κ3) is 1.86. The van der Waals surface area contributed by atoms with Gasteiger partial charge in [0.05, 0.1) is 6.10 Å². The van der Waals surface area contributed by atoms with Crippen LogP contribution < -0.4 is 9.47 Å². The molecule has 1 fully saturated rings. The standard InChI is InChI=1S/C12H15NO3/c14-10-3-4-13(7-10)6-9-1-2-11-12(5-9)16-8-15-11/h1-2,5,10,14H,3-4,6-8H2/t10-/m1/s1. The minimum Gasteiger partial charge on any atom is -0.454 e. The molecule has 0 spiro atoms. The molecule has 1 saturated heterocycles. The second kappa shape index (κ2) is 3.96. The Hall–Kier alpha value is -1.26. The summed E-state index contributed by atoms with van der Waals surface area (Å²) in [6.45, 7) is 2.93. The van der Waals surface area contributed by atoms with Gasteiger partial charge < -0.3 is 14.6 Å². The van der Waals surface area contributed by atoms with E-state index in [-0.39, 0.29) is 6.10 Å². The maximum absolute atomic E-state index is 9.45. The number of likely N-dealkylation sites (tertiary alicyclic amines) is 1. The Kier molecular flexibility index (Phi) is 2.46. The molecule has 1 N–H and O–H groups in total. The predicted molar refractivity (Wildman–Crippen MR) is 58.5 cm³/mol. The van der Waals surface area contributed by atoms with Gasteiger partial charge in [-0.25, -0.2) is 0 Å². The first-order valence-corrected chi connectivity index (χ1v) is 5.60. The normalized spacial score (nSPS) is 23.9. The predicted octanol–water partition coefficient (Wildman–Crippen LogP) is 0.982. The molecular weight excluding hydrogens is 206 g/mol. The topological polar surface area (TPSA) is 41.9 Å². The molecule has 2 aliphatic heterocycles. The Morgan fingerprint density at radius 3 is 3.00 bits per heavy atom. The fourth-order valence-corrected chi connectivity index (χ4v) is 2.25. The summed E-state index contributed by atoms with van der Waals surface area (Å²) in [5.74, 6) is 1.66. The van der Waals surface area contributed by atoms with E-state index in [1.165, 1.54) is 5.56 Å². The molecule has 0 aliphatic carbocycles. The SMILES string of the molecule is O[C@@H]1CCN(Cc2ccc3c(c2)OCO3)C1. The van der Waals surface area contributed by atoms with Crippen LogP contribution in [-0.4, -0.2) is 36.0 Å². The molecule has 2 aliphatic rings. The second-order valence-electron chi connectivity index (χ2n) is 4.37. The van der Waals surface area contributed by atoms with Gasteiger partial charge in [0.2, 0.25) is 6.79 Å². The number of β-amino-alcohol motifs (C(OH)–C–C–N with tert-alkyl or cyclic N) is 1. The van der Waals surface area contributed by atoms with Crippen LogP contribution in [0.5, 0.6) is 11.5 Å². The number of ether oxygens (including phenoxy) is 2. The van der Waals surface area contributed by atoms with Crippen molar-refractivity contribution in [2.24, 2.45) is 0 Å². The number of nitrogens with zero attached hydrogens (tertiary/aromatic N) is 1. The zero-order valence-corrected chi connectivity index (χ0v) is 9.06. The largest absolute Gasteiger partial charge is 0.454 e. The summed E-state index contributed by atoms with van der Waals surface area (Å²) in [6.07, 6.45) is 0.721. The van der Waals surface area contributed by atoms with Crippen LogP contribution in [0.4, 0.5) is 0 Å². The fraction of sp³-hybridized carbons (Fsp3) is 0.500. The smallest absolute Gasteiger partial charge is 0.231 e. The van der Waals surface area contributed by atoms with Gasteiger partial charge in [0.1, 0.15) is 0 Å². The first-order valence-electron chi connectivity index (χ1n) is 5.60. The van der Waals surface area contributed by atoms with Crippen LogP contribution in [-0.2, 0) is 6.54 Å². The van der Waals surface area contributed by atoms with Crippen molar-refractivity contribution >= 4 is 0 Å². The monoisotopic (exact) mass is 221 g/mol. The molecule has 0 saturated carbocycles. The summed E-state index contributed by atoms with van der Waals surface area (Å²) >= 11 is 0. The lowest BCUT2D eigenvalue weighted by Crippen LogP contribution is -2.21. The van der Waals surface area contributed by atoms with Crippen molar-refractivity contribution in [3.05, 3.63) is 23.8 Å². The van der Waals surface area contributed by atoms with E-state index < -0.39 is 0 Å². The van der Waals surface area contributed by atoms with E-state index in [9.17, 15) is 5.11 Å². The maximum Gasteiger partial charge on any atom is 0.231 e. The molecule has 0 aromatic heterocycles. The molecule has 86 valence electrons. The zero-order chi connectivity index (χ0) is 11.0. The Morgan fingerprint density at radius 2 is 2.19 bits per heavy atom. The van der Waals surface area contributed by atoms with Crippen molar-refractivity contribution in [1.29, 1.82) is 0 Å². The first-order chi connectivity index (χ1) is 7.81. The van der Waals surface area contributed by atoms with Crippen molar-refractivity contribution in [3.63, 3.8) is 0 Å². The Balaban J connectivity index is 1.71. The summed E-state index contributed by atoms with van der Waals surface area (Å²) in [5.41, 5.74) is 1.21. The molecule has 0 unspecified atom stereocenters. The number of rotatable bonds is 2. The van der Waals surface area contributed by atoms with Crippen molar-refractivity contribution < 1.29 is 14.6 Å². The van der Waals surface area contributed by atoms with Gasteiger partial charge in [-0.1, -0.05) is 6.07 Å². The van der Waals surface area contributed by atoms with E-state index in [0.29, 0.717) is 6.79 Å². The van der Waals surface area contributed by atoms with E-state index >= 15 is 0 Å². The van der Waals surface area contributed by atoms with Crippen LogP contribution in [0.3, 0.4) is 0 Å². The Labute approximate surface area is 94.4 Å². The van der Waals surface area contributed by atoms with Crippen molar-refractivity contribution in [3.8, 4) is 11.5 Å². The van der Waals surface area contributed by atoms with Crippen LogP contribution >= 0.6 is 0 Å². The molecule has 0 amide bonds. The summed E-state index contributed by atoms with van der Waals surface area (Å²) < 4.78 is 10.6. The molecular formula is C12H15NO3. The van der Waals surface area contributed by atoms with Crippen LogP contribution in [0.25, 0.3) is 0 Å². The second-order valence-corrected chi connectivity index (χ2v) is 4.37. The summed E-state index contributed by atoms with van der Waals surface area (Å²) in [5, 5.41) is 9.45. The highest BCUT2D eigenvalue weighted by atomic mass is 16.7. The fourth-order valence-electron chi connectivity index (χ4n) is 2.25. The summed E-state index contributed by atoms with van der Waals surface area (Å²) in [7, 11) is 0. The van der Waals surface area contributed by atoms with Crippen LogP contribution in [0.2, 0.25) is 0 Å². The molecule has 1 atom stereocenters.